The molecule has 1 aromatic carbocycles. The van der Waals surface area contributed by atoms with E-state index in [2.05, 4.69) is 21.3 Å². The van der Waals surface area contributed by atoms with Gasteiger partial charge in [0.05, 0.1) is 30.1 Å². The van der Waals surface area contributed by atoms with Gasteiger partial charge in [-0.15, -0.1) is 0 Å². The van der Waals surface area contributed by atoms with Gasteiger partial charge in [0.2, 0.25) is 0 Å². The second-order valence-electron chi connectivity index (χ2n) is 10.8. The molecule has 36 heavy (non-hydrogen) atoms. The Morgan fingerprint density at radius 2 is 2.00 bits per heavy atom. The minimum atomic E-state index is -0.504. The van der Waals surface area contributed by atoms with Gasteiger partial charge in [0.25, 0.3) is 5.56 Å². The summed E-state index contributed by atoms with van der Waals surface area (Å²) in [6.45, 7) is 7.17. The Morgan fingerprint density at radius 3 is 2.78 bits per heavy atom. The lowest BCUT2D eigenvalue weighted by Crippen LogP contribution is -2.32. The van der Waals surface area contributed by atoms with Crippen LogP contribution in [-0.2, 0) is 22.6 Å². The van der Waals surface area contributed by atoms with Gasteiger partial charge in [0.1, 0.15) is 11.0 Å². The highest BCUT2D eigenvalue weighted by molar-refractivity contribution is 5.91. The molecule has 5 rings (SSSR count). The topological polar surface area (TPSA) is 116 Å². The van der Waals surface area contributed by atoms with Crippen molar-refractivity contribution in [3.8, 4) is 6.07 Å². The molecule has 3 aromatic rings. The van der Waals surface area contributed by atoms with Crippen molar-refractivity contribution in [1.29, 1.82) is 5.26 Å². The predicted octanol–water partition coefficient (Wildman–Crippen LogP) is 4.38. The molecule has 0 bridgehead atoms. The summed E-state index contributed by atoms with van der Waals surface area (Å²) in [4.78, 5) is 29.9. The smallest absolute Gasteiger partial charge is 0.320 e. The molecule has 1 aliphatic heterocycles. The monoisotopic (exact) mass is 488 g/mol. The normalized spacial score (nSPS) is 20.2. The van der Waals surface area contributed by atoms with Crippen LogP contribution in [0.5, 0.6) is 0 Å². The lowest BCUT2D eigenvalue weighted by Gasteiger charge is -2.27. The number of hydrogen-bond acceptors (Lipinski definition) is 7. The number of aromatic nitrogens is 3. The number of nitrogens with zero attached hydrogens (tertiary/aromatic N) is 4. The number of hydrogen-bond donors (Lipinski definition) is 2. The molecule has 0 amide bonds. The summed E-state index contributed by atoms with van der Waals surface area (Å²) >= 11 is 0. The molecular weight excluding hydrogens is 456 g/mol. The molecule has 0 spiro atoms. The van der Waals surface area contributed by atoms with Crippen molar-refractivity contribution in [3.63, 3.8) is 0 Å². The maximum Gasteiger partial charge on any atom is 0.320 e. The Morgan fingerprint density at radius 1 is 1.22 bits per heavy atom. The minimum Gasteiger partial charge on any atom is -0.459 e. The van der Waals surface area contributed by atoms with Crippen molar-refractivity contribution in [3.05, 3.63) is 51.9 Å². The number of carbonyl (C=O) groups excluding carboxylic acids is 1. The van der Waals surface area contributed by atoms with E-state index >= 15 is 0 Å². The van der Waals surface area contributed by atoms with Crippen molar-refractivity contribution in [2.75, 3.05) is 11.9 Å². The van der Waals surface area contributed by atoms with Gasteiger partial charge in [0, 0.05) is 25.0 Å². The molecule has 2 aromatic heterocycles. The van der Waals surface area contributed by atoms with E-state index in [0.717, 1.165) is 48.0 Å². The molecule has 3 heterocycles. The molecule has 1 aliphatic carbocycles. The number of anilines is 2. The lowest BCUT2D eigenvalue weighted by molar-refractivity contribution is -0.156. The van der Waals surface area contributed by atoms with Crippen LogP contribution < -0.4 is 10.9 Å². The van der Waals surface area contributed by atoms with Crippen LogP contribution in [-0.4, -0.2) is 37.8 Å². The highest BCUT2D eigenvalue weighted by atomic mass is 16.6. The predicted molar refractivity (Wildman–Crippen MR) is 137 cm³/mol. The fourth-order valence-corrected chi connectivity index (χ4v) is 5.34. The molecular formula is C27H32N6O3. The number of fused-ring (bicyclic) bond motifs is 2. The fourth-order valence-electron chi connectivity index (χ4n) is 5.34. The van der Waals surface area contributed by atoms with Gasteiger partial charge in [0.15, 0.2) is 5.82 Å². The number of nitrogens with one attached hydrogen (secondary N) is 2. The van der Waals surface area contributed by atoms with Crippen LogP contribution >= 0.6 is 0 Å². The number of rotatable bonds is 5. The summed E-state index contributed by atoms with van der Waals surface area (Å²) < 4.78 is 7.34. The van der Waals surface area contributed by atoms with Crippen molar-refractivity contribution in [1.82, 2.24) is 19.7 Å². The van der Waals surface area contributed by atoms with E-state index in [-0.39, 0.29) is 30.0 Å². The third kappa shape index (κ3) is 4.86. The summed E-state index contributed by atoms with van der Waals surface area (Å²) in [6, 6.07) is 10.3. The van der Waals surface area contributed by atoms with Gasteiger partial charge in [-0.1, -0.05) is 18.9 Å². The average Bonchev–Trinajstić information content (AvgIpc) is 3.39. The van der Waals surface area contributed by atoms with E-state index in [4.69, 9.17) is 9.84 Å². The van der Waals surface area contributed by atoms with Crippen LogP contribution in [0, 0.1) is 17.2 Å². The molecule has 2 atom stereocenters. The first-order chi connectivity index (χ1) is 17.2. The highest BCUT2D eigenvalue weighted by Gasteiger charge is 2.30. The number of benzene rings is 1. The van der Waals surface area contributed by atoms with Gasteiger partial charge >= 0.3 is 5.97 Å². The van der Waals surface area contributed by atoms with E-state index in [0.29, 0.717) is 24.3 Å². The van der Waals surface area contributed by atoms with Crippen LogP contribution in [0.15, 0.2) is 35.3 Å². The third-order valence-electron chi connectivity index (χ3n) is 6.87. The van der Waals surface area contributed by atoms with E-state index in [1.165, 1.54) is 0 Å². The highest BCUT2D eigenvalue weighted by Crippen LogP contribution is 2.37. The average molecular weight is 489 g/mol. The Hall–Kier alpha value is -3.64. The van der Waals surface area contributed by atoms with Gasteiger partial charge in [-0.3, -0.25) is 19.2 Å². The fraction of sp³-hybridized carbons (Fsp3) is 0.481. The Balaban J connectivity index is 1.39. The number of nitriles is 1. The van der Waals surface area contributed by atoms with E-state index in [1.807, 2.05) is 49.7 Å². The van der Waals surface area contributed by atoms with Crippen LogP contribution in [0.3, 0.4) is 0 Å². The van der Waals surface area contributed by atoms with Crippen molar-refractivity contribution in [2.45, 2.75) is 71.2 Å². The number of carbonyl (C=O) groups is 1. The van der Waals surface area contributed by atoms with Crippen LogP contribution in [0.4, 0.5) is 11.5 Å². The first-order valence-electron chi connectivity index (χ1n) is 12.5. The summed E-state index contributed by atoms with van der Waals surface area (Å²) in [5.74, 6) is 0.130. The third-order valence-corrected chi connectivity index (χ3v) is 6.87. The van der Waals surface area contributed by atoms with Crippen molar-refractivity contribution >= 4 is 28.4 Å². The first-order valence-corrected chi connectivity index (χ1v) is 12.5. The van der Waals surface area contributed by atoms with Crippen LogP contribution in [0.25, 0.3) is 10.9 Å². The second kappa shape index (κ2) is 9.43. The maximum absolute atomic E-state index is 12.8. The van der Waals surface area contributed by atoms with Crippen LogP contribution in [0.1, 0.15) is 63.6 Å². The first kappa shape index (κ1) is 24.1. The molecule has 1 fully saturated rings. The summed E-state index contributed by atoms with van der Waals surface area (Å²) in [6.07, 6.45) is 5.43. The molecule has 9 heteroatoms. The zero-order valence-corrected chi connectivity index (χ0v) is 21.0. The van der Waals surface area contributed by atoms with E-state index in [9.17, 15) is 14.9 Å². The molecule has 1 saturated carbocycles. The van der Waals surface area contributed by atoms with E-state index in [1.54, 1.807) is 6.20 Å². The standard InChI is InChI=1S/C27H32N6O3/c1-27(2,3)36-23(34)16-32-14-18-8-9-20(12-19(18)15-32)30-25-24-22(10-11-29-26(24)35)33(31-25)21-7-5-4-6-17(21)13-28/h8-12,17,21H,4-7,14-16H2,1-3H3,(H,29,35)(H,30,31)/t17-,21+/m1/s1. The quantitative estimate of drug-likeness (QED) is 0.512. The van der Waals surface area contributed by atoms with Gasteiger partial charge < -0.3 is 15.0 Å². The molecule has 2 N–H and O–H groups in total. The Labute approximate surface area is 210 Å². The number of aromatic amines is 1. The summed E-state index contributed by atoms with van der Waals surface area (Å²) in [5, 5.41) is 18.4. The lowest BCUT2D eigenvalue weighted by atomic mass is 9.85. The van der Waals surface area contributed by atoms with Gasteiger partial charge in [-0.2, -0.15) is 10.4 Å². The molecule has 0 radical (unpaired) electrons. The SMILES string of the molecule is CC(C)(C)OC(=O)CN1Cc2ccc(Nc3nn([C@H]4CCCC[C@@H]4C#N)c4cc[nH]c(=O)c34)cc2C1. The second-order valence-corrected chi connectivity index (χ2v) is 10.8. The molecule has 188 valence electrons. The van der Waals surface area contributed by atoms with Crippen molar-refractivity contribution < 1.29 is 9.53 Å². The largest absolute Gasteiger partial charge is 0.459 e. The Kier molecular flexibility index (Phi) is 6.31. The molecule has 0 unspecified atom stereocenters. The number of H-pyrrole nitrogens is 1. The number of pyridine rings is 1. The summed E-state index contributed by atoms with van der Waals surface area (Å²) in [5.41, 5.74) is 3.13. The zero-order chi connectivity index (χ0) is 25.4. The molecule has 0 saturated heterocycles. The van der Waals surface area contributed by atoms with Gasteiger partial charge in [-0.25, -0.2) is 0 Å². The van der Waals surface area contributed by atoms with Gasteiger partial charge in [-0.05, 0) is 62.9 Å². The molecule has 2 aliphatic rings. The summed E-state index contributed by atoms with van der Waals surface area (Å²) in [7, 11) is 0. The van der Waals surface area contributed by atoms with Crippen molar-refractivity contribution in [2.24, 2.45) is 5.92 Å². The minimum absolute atomic E-state index is 0.0509. The Bertz CT molecular complexity index is 1390. The van der Waals surface area contributed by atoms with E-state index < -0.39 is 5.60 Å². The van der Waals surface area contributed by atoms with Crippen LogP contribution in [0.2, 0.25) is 0 Å². The number of esters is 1. The maximum atomic E-state index is 12.8. The number of ether oxygens (including phenoxy) is 1. The zero-order valence-electron chi connectivity index (χ0n) is 21.0. The molecule has 9 nitrogen and oxygen atoms in total.